The Morgan fingerprint density at radius 3 is 2.43 bits per heavy atom. The first kappa shape index (κ1) is 20.1. The average molecular weight is 395 g/mol. The molecule has 2 aromatic rings. The first-order valence-electron chi connectivity index (χ1n) is 8.95. The fourth-order valence-electron chi connectivity index (χ4n) is 3.22. The van der Waals surface area contributed by atoms with Crippen LogP contribution in [0.25, 0.3) is 0 Å². The minimum atomic E-state index is -4.83. The molecule has 1 amide bonds. The monoisotopic (exact) mass is 395 g/mol. The number of likely N-dealkylation sites (tertiary alicyclic amines) is 1. The van der Waals surface area contributed by atoms with Gasteiger partial charge in [-0.05, 0) is 69.4 Å². The number of nitrogens with zero attached hydrogens (tertiary/aromatic N) is 1. The molecule has 1 heterocycles. The lowest BCUT2D eigenvalue weighted by atomic mass is 10.0. The molecule has 0 aromatic heterocycles. The molecule has 0 saturated carbocycles. The highest BCUT2D eigenvalue weighted by Crippen LogP contribution is 2.33. The molecule has 1 saturated heterocycles. The summed E-state index contributed by atoms with van der Waals surface area (Å²) in [5, 5.41) is 5.86. The zero-order valence-corrected chi connectivity index (χ0v) is 15.3. The Bertz CT molecular complexity index is 846. The number of benzene rings is 2. The van der Waals surface area contributed by atoms with E-state index in [1.54, 1.807) is 18.2 Å². The number of hydrogen-bond acceptors (Lipinski definition) is 3. The Balaban J connectivity index is 1.73. The molecular formula is C20H21F4N3O. The topological polar surface area (TPSA) is 44.4 Å². The Kier molecular flexibility index (Phi) is 5.88. The van der Waals surface area contributed by atoms with Gasteiger partial charge in [0.1, 0.15) is 5.82 Å². The molecule has 0 atom stereocenters. The van der Waals surface area contributed by atoms with Crippen LogP contribution in [0.1, 0.15) is 28.8 Å². The third-order valence-corrected chi connectivity index (χ3v) is 4.74. The molecule has 0 bridgehead atoms. The number of alkyl halides is 3. The first-order chi connectivity index (χ1) is 13.2. The lowest BCUT2D eigenvalue weighted by Crippen LogP contribution is -2.36. The minimum Gasteiger partial charge on any atom is -0.382 e. The third kappa shape index (κ3) is 5.01. The SMILES string of the molecule is CN1CCC(Nc2cccc(NC(=O)c3ccc(F)cc3C(F)(F)F)c2)CC1. The van der Waals surface area contributed by atoms with Gasteiger partial charge in [0, 0.05) is 17.4 Å². The maximum atomic E-state index is 13.2. The number of amides is 1. The molecule has 1 aliphatic rings. The van der Waals surface area contributed by atoms with Gasteiger partial charge in [0.05, 0.1) is 11.1 Å². The van der Waals surface area contributed by atoms with E-state index in [0.29, 0.717) is 17.8 Å². The molecule has 0 spiro atoms. The molecule has 3 rings (SSSR count). The molecule has 0 unspecified atom stereocenters. The summed E-state index contributed by atoms with van der Waals surface area (Å²) in [4.78, 5) is 14.6. The van der Waals surface area contributed by atoms with Gasteiger partial charge in [0.25, 0.3) is 5.91 Å². The summed E-state index contributed by atoms with van der Waals surface area (Å²) in [6, 6.07) is 9.12. The van der Waals surface area contributed by atoms with Crippen molar-refractivity contribution in [2.24, 2.45) is 0 Å². The molecule has 0 aliphatic carbocycles. The fraction of sp³-hybridized carbons (Fsp3) is 0.350. The van der Waals surface area contributed by atoms with Crippen LogP contribution < -0.4 is 10.6 Å². The van der Waals surface area contributed by atoms with E-state index in [1.165, 1.54) is 0 Å². The van der Waals surface area contributed by atoms with Gasteiger partial charge in [-0.2, -0.15) is 13.2 Å². The average Bonchev–Trinajstić information content (AvgIpc) is 2.63. The first-order valence-corrected chi connectivity index (χ1v) is 8.95. The smallest absolute Gasteiger partial charge is 0.382 e. The number of rotatable bonds is 4. The van der Waals surface area contributed by atoms with Crippen LogP contribution in [0, 0.1) is 5.82 Å². The Morgan fingerprint density at radius 1 is 1.07 bits per heavy atom. The second-order valence-corrected chi connectivity index (χ2v) is 6.94. The molecule has 28 heavy (non-hydrogen) atoms. The highest BCUT2D eigenvalue weighted by atomic mass is 19.4. The number of halogens is 4. The summed E-state index contributed by atoms with van der Waals surface area (Å²) in [7, 11) is 2.07. The van der Waals surface area contributed by atoms with Crippen LogP contribution in [0.4, 0.5) is 28.9 Å². The lowest BCUT2D eigenvalue weighted by Gasteiger charge is -2.30. The predicted octanol–water partition coefficient (Wildman–Crippen LogP) is 4.60. The molecule has 8 heteroatoms. The van der Waals surface area contributed by atoms with Crippen molar-refractivity contribution in [1.29, 1.82) is 0 Å². The normalized spacial score (nSPS) is 16.0. The van der Waals surface area contributed by atoms with Crippen LogP contribution in [0.2, 0.25) is 0 Å². The highest BCUT2D eigenvalue weighted by Gasteiger charge is 2.35. The van der Waals surface area contributed by atoms with E-state index in [0.717, 1.165) is 43.8 Å². The molecule has 1 aliphatic heterocycles. The van der Waals surface area contributed by atoms with Crippen LogP contribution in [0.3, 0.4) is 0 Å². The van der Waals surface area contributed by atoms with E-state index >= 15 is 0 Å². The van der Waals surface area contributed by atoms with Crippen LogP contribution >= 0.6 is 0 Å². The maximum absolute atomic E-state index is 13.2. The van der Waals surface area contributed by atoms with Crippen molar-refractivity contribution in [3.63, 3.8) is 0 Å². The van der Waals surface area contributed by atoms with Crippen LogP contribution in [-0.2, 0) is 6.18 Å². The molecule has 0 radical (unpaired) electrons. The van der Waals surface area contributed by atoms with Crippen molar-refractivity contribution < 1.29 is 22.4 Å². The van der Waals surface area contributed by atoms with E-state index in [1.807, 2.05) is 6.07 Å². The summed E-state index contributed by atoms with van der Waals surface area (Å²) in [5.41, 5.74) is -0.781. The van der Waals surface area contributed by atoms with E-state index in [-0.39, 0.29) is 0 Å². The van der Waals surface area contributed by atoms with Gasteiger partial charge in [-0.15, -0.1) is 0 Å². The van der Waals surface area contributed by atoms with Gasteiger partial charge >= 0.3 is 6.18 Å². The maximum Gasteiger partial charge on any atom is 0.417 e. The Labute approximate surface area is 160 Å². The molecule has 150 valence electrons. The van der Waals surface area contributed by atoms with Crippen molar-refractivity contribution in [2.75, 3.05) is 30.8 Å². The second-order valence-electron chi connectivity index (χ2n) is 6.94. The van der Waals surface area contributed by atoms with Crippen LogP contribution in [0.15, 0.2) is 42.5 Å². The zero-order chi connectivity index (χ0) is 20.3. The number of anilines is 2. The van der Waals surface area contributed by atoms with Crippen molar-refractivity contribution in [3.8, 4) is 0 Å². The van der Waals surface area contributed by atoms with Crippen molar-refractivity contribution in [3.05, 3.63) is 59.4 Å². The van der Waals surface area contributed by atoms with E-state index in [4.69, 9.17) is 0 Å². The number of carbonyl (C=O) groups is 1. The van der Waals surface area contributed by atoms with Gasteiger partial charge in [-0.25, -0.2) is 4.39 Å². The van der Waals surface area contributed by atoms with E-state index in [2.05, 4.69) is 22.6 Å². The molecular weight excluding hydrogens is 374 g/mol. The van der Waals surface area contributed by atoms with Gasteiger partial charge in [-0.1, -0.05) is 6.07 Å². The summed E-state index contributed by atoms with van der Waals surface area (Å²) in [5.74, 6) is -1.99. The lowest BCUT2D eigenvalue weighted by molar-refractivity contribution is -0.138. The van der Waals surface area contributed by atoms with Crippen molar-refractivity contribution in [1.82, 2.24) is 4.90 Å². The third-order valence-electron chi connectivity index (χ3n) is 4.74. The molecule has 1 fully saturated rings. The number of nitrogens with one attached hydrogen (secondary N) is 2. The van der Waals surface area contributed by atoms with E-state index in [9.17, 15) is 22.4 Å². The van der Waals surface area contributed by atoms with Gasteiger partial charge < -0.3 is 15.5 Å². The number of carbonyl (C=O) groups excluding carboxylic acids is 1. The van der Waals surface area contributed by atoms with Crippen molar-refractivity contribution >= 4 is 17.3 Å². The largest absolute Gasteiger partial charge is 0.417 e. The predicted molar refractivity (Wildman–Crippen MR) is 99.9 cm³/mol. The quantitative estimate of drug-likeness (QED) is 0.744. The van der Waals surface area contributed by atoms with Gasteiger partial charge in [-0.3, -0.25) is 4.79 Å². The molecule has 2 N–H and O–H groups in total. The van der Waals surface area contributed by atoms with Gasteiger partial charge in [0.2, 0.25) is 0 Å². The number of hydrogen-bond donors (Lipinski definition) is 2. The van der Waals surface area contributed by atoms with Crippen LogP contribution in [0.5, 0.6) is 0 Å². The summed E-state index contributed by atoms with van der Waals surface area (Å²) < 4.78 is 52.6. The minimum absolute atomic E-state index is 0.302. The summed E-state index contributed by atoms with van der Waals surface area (Å²) in [6.45, 7) is 1.97. The van der Waals surface area contributed by atoms with Crippen LogP contribution in [-0.4, -0.2) is 37.0 Å². The summed E-state index contributed by atoms with van der Waals surface area (Å²) >= 11 is 0. The van der Waals surface area contributed by atoms with Crippen molar-refractivity contribution in [2.45, 2.75) is 25.1 Å². The number of piperidine rings is 1. The second kappa shape index (κ2) is 8.18. The highest BCUT2D eigenvalue weighted by molar-refractivity contribution is 6.05. The Hall–Kier alpha value is -2.61. The Morgan fingerprint density at radius 2 is 1.75 bits per heavy atom. The summed E-state index contributed by atoms with van der Waals surface area (Å²) in [6.07, 6.45) is -2.86. The molecule has 4 nitrogen and oxygen atoms in total. The zero-order valence-electron chi connectivity index (χ0n) is 15.3. The molecule has 2 aromatic carbocycles. The van der Waals surface area contributed by atoms with Gasteiger partial charge in [0.15, 0.2) is 0 Å². The van der Waals surface area contributed by atoms with E-state index < -0.39 is 29.0 Å². The fourth-order valence-corrected chi connectivity index (χ4v) is 3.22. The standard InChI is InChI=1S/C20H21F4N3O/c1-27-9-7-14(8-10-27)25-15-3-2-4-16(12-15)26-19(28)17-6-5-13(21)11-18(17)20(22,23)24/h2-6,11-12,14,25H,7-10H2,1H3,(H,26,28).